The Kier molecular flexibility index (Phi) is 5.12. The average molecular weight is 392 g/mol. The summed E-state index contributed by atoms with van der Waals surface area (Å²) in [7, 11) is 0. The van der Waals surface area contributed by atoms with E-state index in [0.717, 1.165) is 5.56 Å². The van der Waals surface area contributed by atoms with Crippen molar-refractivity contribution in [1.82, 2.24) is 0 Å². The van der Waals surface area contributed by atoms with Crippen molar-refractivity contribution in [2.24, 2.45) is 0 Å². The average Bonchev–Trinajstić information content (AvgIpc) is 3.11. The molecule has 0 saturated carbocycles. The van der Waals surface area contributed by atoms with Crippen molar-refractivity contribution in [3.63, 3.8) is 0 Å². The van der Waals surface area contributed by atoms with Crippen LogP contribution in [-0.4, -0.2) is 17.6 Å². The Morgan fingerprint density at radius 3 is 2.50 bits per heavy atom. The highest BCUT2D eigenvalue weighted by Gasteiger charge is 2.34. The van der Waals surface area contributed by atoms with Crippen LogP contribution in [0.25, 0.3) is 0 Å². The van der Waals surface area contributed by atoms with E-state index >= 15 is 0 Å². The molecular formula is C22H17FN2O2S. The summed E-state index contributed by atoms with van der Waals surface area (Å²) in [6, 6.07) is 22.3. The van der Waals surface area contributed by atoms with E-state index in [1.807, 2.05) is 42.5 Å². The molecule has 1 N–H and O–H groups in total. The predicted octanol–water partition coefficient (Wildman–Crippen LogP) is 4.86. The SMILES string of the molecule is O=C(Nc1cccc([C@@H]2SCC(=O)N2c2ccc(F)cc2)c1)c1ccccc1. The van der Waals surface area contributed by atoms with E-state index in [4.69, 9.17) is 0 Å². The number of carbonyl (C=O) groups excluding carboxylic acids is 2. The van der Waals surface area contributed by atoms with Gasteiger partial charge >= 0.3 is 0 Å². The highest BCUT2D eigenvalue weighted by Crippen LogP contribution is 2.42. The largest absolute Gasteiger partial charge is 0.322 e. The van der Waals surface area contributed by atoms with Crippen LogP contribution >= 0.6 is 11.8 Å². The third-order valence-electron chi connectivity index (χ3n) is 4.44. The van der Waals surface area contributed by atoms with Gasteiger partial charge in [0, 0.05) is 16.9 Å². The Balaban J connectivity index is 1.58. The Bertz CT molecular complexity index is 1010. The van der Waals surface area contributed by atoms with E-state index in [1.54, 1.807) is 29.2 Å². The van der Waals surface area contributed by atoms with Gasteiger partial charge in [-0.15, -0.1) is 11.8 Å². The van der Waals surface area contributed by atoms with Crippen molar-refractivity contribution in [1.29, 1.82) is 0 Å². The maximum Gasteiger partial charge on any atom is 0.255 e. The second kappa shape index (κ2) is 7.86. The van der Waals surface area contributed by atoms with E-state index in [2.05, 4.69) is 5.32 Å². The maximum atomic E-state index is 13.3. The summed E-state index contributed by atoms with van der Waals surface area (Å²) < 4.78 is 13.3. The number of nitrogens with zero attached hydrogens (tertiary/aromatic N) is 1. The lowest BCUT2D eigenvalue weighted by atomic mass is 10.1. The summed E-state index contributed by atoms with van der Waals surface area (Å²) in [4.78, 5) is 26.5. The van der Waals surface area contributed by atoms with Crippen molar-refractivity contribution in [2.45, 2.75) is 5.37 Å². The van der Waals surface area contributed by atoms with Gasteiger partial charge < -0.3 is 5.32 Å². The van der Waals surface area contributed by atoms with Crippen LogP contribution in [0.15, 0.2) is 78.9 Å². The summed E-state index contributed by atoms with van der Waals surface area (Å²) in [5, 5.41) is 2.66. The molecule has 1 fully saturated rings. The fourth-order valence-electron chi connectivity index (χ4n) is 3.11. The highest BCUT2D eigenvalue weighted by atomic mass is 32.2. The second-order valence-corrected chi connectivity index (χ2v) is 7.42. The zero-order valence-corrected chi connectivity index (χ0v) is 15.7. The monoisotopic (exact) mass is 392 g/mol. The van der Waals surface area contributed by atoms with Gasteiger partial charge in [-0.25, -0.2) is 4.39 Å². The molecule has 0 radical (unpaired) electrons. The topological polar surface area (TPSA) is 49.4 Å². The number of rotatable bonds is 4. The minimum Gasteiger partial charge on any atom is -0.322 e. The molecule has 0 bridgehead atoms. The van der Waals surface area contributed by atoms with Crippen LogP contribution < -0.4 is 10.2 Å². The van der Waals surface area contributed by atoms with Gasteiger partial charge in [-0.1, -0.05) is 30.3 Å². The second-order valence-electron chi connectivity index (χ2n) is 6.35. The van der Waals surface area contributed by atoms with Gasteiger partial charge in [0.15, 0.2) is 0 Å². The molecule has 6 heteroatoms. The first-order valence-corrected chi connectivity index (χ1v) is 9.82. The van der Waals surface area contributed by atoms with Crippen LogP contribution in [0.3, 0.4) is 0 Å². The first kappa shape index (κ1) is 18.3. The molecule has 28 heavy (non-hydrogen) atoms. The number of nitrogens with one attached hydrogen (secondary N) is 1. The number of anilines is 2. The summed E-state index contributed by atoms with van der Waals surface area (Å²) in [5.41, 5.74) is 2.78. The number of carbonyl (C=O) groups is 2. The summed E-state index contributed by atoms with van der Waals surface area (Å²) >= 11 is 1.50. The number of hydrogen-bond acceptors (Lipinski definition) is 3. The molecule has 0 aliphatic carbocycles. The van der Waals surface area contributed by atoms with Crippen LogP contribution in [0.2, 0.25) is 0 Å². The Morgan fingerprint density at radius 1 is 1.00 bits per heavy atom. The Labute approximate surface area is 166 Å². The molecule has 0 spiro atoms. The van der Waals surface area contributed by atoms with E-state index in [9.17, 15) is 14.0 Å². The van der Waals surface area contributed by atoms with Gasteiger partial charge in [-0.05, 0) is 54.1 Å². The molecule has 3 aromatic rings. The Hall–Kier alpha value is -3.12. The van der Waals surface area contributed by atoms with Crippen LogP contribution in [0.1, 0.15) is 21.3 Å². The van der Waals surface area contributed by atoms with Crippen LogP contribution in [0.4, 0.5) is 15.8 Å². The zero-order valence-electron chi connectivity index (χ0n) is 14.8. The Morgan fingerprint density at radius 2 is 1.75 bits per heavy atom. The molecule has 1 aliphatic heterocycles. The van der Waals surface area contributed by atoms with E-state index in [-0.39, 0.29) is 23.0 Å². The highest BCUT2D eigenvalue weighted by molar-refractivity contribution is 8.00. The molecule has 2 amide bonds. The molecule has 4 rings (SSSR count). The molecule has 1 aliphatic rings. The first-order chi connectivity index (χ1) is 13.6. The minimum atomic E-state index is -0.342. The van der Waals surface area contributed by atoms with Gasteiger partial charge in [0.1, 0.15) is 11.2 Å². The van der Waals surface area contributed by atoms with Crippen LogP contribution in [-0.2, 0) is 4.79 Å². The number of benzene rings is 3. The fraction of sp³-hybridized carbons (Fsp3) is 0.0909. The number of hydrogen-bond donors (Lipinski definition) is 1. The molecule has 0 unspecified atom stereocenters. The molecule has 1 saturated heterocycles. The van der Waals surface area contributed by atoms with Crippen molar-refractivity contribution >= 4 is 35.0 Å². The van der Waals surface area contributed by atoms with Gasteiger partial charge in [0.25, 0.3) is 5.91 Å². The van der Waals surface area contributed by atoms with Crippen LogP contribution in [0, 0.1) is 5.82 Å². The van der Waals surface area contributed by atoms with E-state index in [0.29, 0.717) is 22.7 Å². The molecule has 0 aromatic heterocycles. The lowest BCUT2D eigenvalue weighted by Crippen LogP contribution is -2.27. The number of halogens is 1. The summed E-state index contributed by atoms with van der Waals surface area (Å²) in [6.07, 6.45) is 0. The number of amides is 2. The lowest BCUT2D eigenvalue weighted by Gasteiger charge is -2.24. The lowest BCUT2D eigenvalue weighted by molar-refractivity contribution is -0.115. The molecular weight excluding hydrogens is 375 g/mol. The van der Waals surface area contributed by atoms with E-state index in [1.165, 1.54) is 23.9 Å². The maximum absolute atomic E-state index is 13.3. The van der Waals surface area contributed by atoms with Crippen molar-refractivity contribution in [2.75, 3.05) is 16.0 Å². The summed E-state index contributed by atoms with van der Waals surface area (Å²) in [5.74, 6) is -0.211. The molecule has 3 aromatic carbocycles. The van der Waals surface area contributed by atoms with Crippen molar-refractivity contribution in [3.8, 4) is 0 Å². The quantitative estimate of drug-likeness (QED) is 0.690. The van der Waals surface area contributed by atoms with E-state index < -0.39 is 0 Å². The van der Waals surface area contributed by atoms with Crippen molar-refractivity contribution in [3.05, 3.63) is 95.8 Å². The van der Waals surface area contributed by atoms with Gasteiger partial charge in [0.05, 0.1) is 5.75 Å². The third kappa shape index (κ3) is 3.77. The minimum absolute atomic E-state index is 0.0275. The standard InChI is InChI=1S/C22H17FN2O2S/c23-17-9-11-19(12-10-17)25-20(26)14-28-22(25)16-7-4-8-18(13-16)24-21(27)15-5-2-1-3-6-15/h1-13,22H,14H2,(H,24,27)/t22-/m0/s1. The van der Waals surface area contributed by atoms with Gasteiger partial charge in [0.2, 0.25) is 5.91 Å². The van der Waals surface area contributed by atoms with Gasteiger partial charge in [-0.2, -0.15) is 0 Å². The fourth-order valence-corrected chi connectivity index (χ4v) is 4.28. The smallest absolute Gasteiger partial charge is 0.255 e. The molecule has 140 valence electrons. The molecule has 1 atom stereocenters. The third-order valence-corrected chi connectivity index (χ3v) is 5.65. The van der Waals surface area contributed by atoms with Crippen molar-refractivity contribution < 1.29 is 14.0 Å². The predicted molar refractivity (Wildman–Crippen MR) is 110 cm³/mol. The zero-order chi connectivity index (χ0) is 19.5. The normalized spacial score (nSPS) is 16.2. The van der Waals surface area contributed by atoms with Crippen LogP contribution in [0.5, 0.6) is 0 Å². The molecule has 1 heterocycles. The first-order valence-electron chi connectivity index (χ1n) is 8.77. The van der Waals surface area contributed by atoms with Gasteiger partial charge in [-0.3, -0.25) is 14.5 Å². The molecule has 4 nitrogen and oxygen atoms in total. The number of thioether (sulfide) groups is 1. The summed E-state index contributed by atoms with van der Waals surface area (Å²) in [6.45, 7) is 0.